The van der Waals surface area contributed by atoms with Gasteiger partial charge in [-0.3, -0.25) is 9.89 Å². The average Bonchev–Trinajstić information content (AvgIpc) is 2.99. The van der Waals surface area contributed by atoms with E-state index in [9.17, 15) is 0 Å². The number of guanidine groups is 1. The van der Waals surface area contributed by atoms with E-state index in [1.54, 1.807) is 14.2 Å². The van der Waals surface area contributed by atoms with Gasteiger partial charge < -0.3 is 20.5 Å². The molecule has 1 aliphatic rings. The predicted octanol–water partition coefficient (Wildman–Crippen LogP) is 2.55. The number of methoxy groups -OCH3 is 2. The fraction of sp³-hybridized carbons (Fsp3) is 0.611. The largest absolute Gasteiger partial charge is 0.497 e. The van der Waals surface area contributed by atoms with Gasteiger partial charge in [0.25, 0.3) is 0 Å². The Morgan fingerprint density at radius 2 is 2.17 bits per heavy atom. The second kappa shape index (κ2) is 8.78. The van der Waals surface area contributed by atoms with Gasteiger partial charge in [-0.15, -0.1) is 0 Å². The second-order valence-electron chi connectivity index (χ2n) is 6.60. The summed E-state index contributed by atoms with van der Waals surface area (Å²) < 4.78 is 10.6. The van der Waals surface area contributed by atoms with Crippen LogP contribution in [0.3, 0.4) is 0 Å². The summed E-state index contributed by atoms with van der Waals surface area (Å²) in [5, 5.41) is 3.12. The van der Waals surface area contributed by atoms with E-state index in [-0.39, 0.29) is 0 Å². The lowest BCUT2D eigenvalue weighted by Crippen LogP contribution is -2.35. The van der Waals surface area contributed by atoms with Crippen molar-refractivity contribution < 1.29 is 9.47 Å². The van der Waals surface area contributed by atoms with Crippen LogP contribution in [-0.2, 0) is 0 Å². The average molecular weight is 334 g/mol. The molecule has 6 heteroatoms. The van der Waals surface area contributed by atoms with Gasteiger partial charge in [-0.05, 0) is 37.4 Å². The third-order valence-corrected chi connectivity index (χ3v) is 4.24. The summed E-state index contributed by atoms with van der Waals surface area (Å²) in [7, 11) is 3.26. The molecule has 0 aliphatic carbocycles. The number of aliphatic imine (C=N–C) groups is 1. The van der Waals surface area contributed by atoms with Crippen molar-refractivity contribution in [3.63, 3.8) is 0 Å². The van der Waals surface area contributed by atoms with Crippen LogP contribution in [0.4, 0.5) is 5.69 Å². The quantitative estimate of drug-likeness (QED) is 0.592. The van der Waals surface area contributed by atoms with Crippen LogP contribution >= 0.6 is 0 Å². The molecule has 0 amide bonds. The van der Waals surface area contributed by atoms with Crippen molar-refractivity contribution in [1.82, 2.24) is 4.90 Å². The van der Waals surface area contributed by atoms with Crippen LogP contribution < -0.4 is 20.5 Å². The molecule has 1 saturated heterocycles. The molecule has 1 aliphatic heterocycles. The molecule has 1 heterocycles. The van der Waals surface area contributed by atoms with Gasteiger partial charge in [0, 0.05) is 18.7 Å². The smallest absolute Gasteiger partial charge is 0.193 e. The van der Waals surface area contributed by atoms with Crippen molar-refractivity contribution in [2.24, 2.45) is 16.6 Å². The van der Waals surface area contributed by atoms with Gasteiger partial charge in [0.05, 0.1) is 26.5 Å². The molecule has 0 aromatic heterocycles. The first kappa shape index (κ1) is 18.4. The monoisotopic (exact) mass is 334 g/mol. The zero-order chi connectivity index (χ0) is 17.5. The van der Waals surface area contributed by atoms with E-state index < -0.39 is 0 Å². The summed E-state index contributed by atoms with van der Waals surface area (Å²) in [6.45, 7) is 7.51. The molecular formula is C18H30N4O2. The minimum atomic E-state index is 0.401. The molecule has 6 nitrogen and oxygen atoms in total. The van der Waals surface area contributed by atoms with E-state index in [1.807, 2.05) is 18.2 Å². The molecule has 134 valence electrons. The van der Waals surface area contributed by atoms with E-state index in [2.05, 4.69) is 29.1 Å². The van der Waals surface area contributed by atoms with Gasteiger partial charge in [-0.1, -0.05) is 13.8 Å². The Labute approximate surface area is 145 Å². The molecule has 0 unspecified atom stereocenters. The number of ether oxygens (including phenoxy) is 2. The Morgan fingerprint density at radius 3 is 2.83 bits per heavy atom. The van der Waals surface area contributed by atoms with E-state index >= 15 is 0 Å². The number of benzene rings is 1. The molecule has 3 N–H and O–H groups in total. The summed E-state index contributed by atoms with van der Waals surface area (Å²) in [6.07, 6.45) is 2.43. The molecule has 1 atom stereocenters. The molecule has 1 fully saturated rings. The van der Waals surface area contributed by atoms with Crippen molar-refractivity contribution in [2.45, 2.75) is 32.7 Å². The van der Waals surface area contributed by atoms with Crippen molar-refractivity contribution in [2.75, 3.05) is 39.2 Å². The van der Waals surface area contributed by atoms with Gasteiger partial charge in [-0.25, -0.2) is 0 Å². The first-order valence-corrected chi connectivity index (χ1v) is 8.56. The van der Waals surface area contributed by atoms with Crippen molar-refractivity contribution in [3.05, 3.63) is 18.2 Å². The molecule has 0 bridgehead atoms. The summed E-state index contributed by atoms with van der Waals surface area (Å²) >= 11 is 0. The molecule has 24 heavy (non-hydrogen) atoms. The van der Waals surface area contributed by atoms with Gasteiger partial charge in [0.15, 0.2) is 5.96 Å². The molecule has 0 radical (unpaired) electrons. The fourth-order valence-corrected chi connectivity index (χ4v) is 3.10. The van der Waals surface area contributed by atoms with E-state index in [4.69, 9.17) is 15.2 Å². The first-order chi connectivity index (χ1) is 11.5. The maximum Gasteiger partial charge on any atom is 0.193 e. The van der Waals surface area contributed by atoms with Crippen molar-refractivity contribution in [1.29, 1.82) is 0 Å². The molecule has 1 aromatic carbocycles. The number of nitrogens with zero attached hydrogens (tertiary/aromatic N) is 2. The SMILES string of the molecule is COc1ccc(OC)c(NC(N)=NC[C@@H]2CCCN2CC(C)C)c1. The van der Waals surface area contributed by atoms with Gasteiger partial charge in [-0.2, -0.15) is 0 Å². The summed E-state index contributed by atoms with van der Waals surface area (Å²) in [4.78, 5) is 7.06. The van der Waals surface area contributed by atoms with Crippen LogP contribution in [-0.4, -0.2) is 50.8 Å². The summed E-state index contributed by atoms with van der Waals surface area (Å²) in [6, 6.07) is 6.03. The highest BCUT2D eigenvalue weighted by atomic mass is 16.5. The lowest BCUT2D eigenvalue weighted by atomic mass is 10.2. The maximum absolute atomic E-state index is 6.07. The van der Waals surface area contributed by atoms with Crippen molar-refractivity contribution in [3.8, 4) is 11.5 Å². The summed E-state index contributed by atoms with van der Waals surface area (Å²) in [5.74, 6) is 2.52. The van der Waals surface area contributed by atoms with E-state index in [0.717, 1.165) is 31.1 Å². The van der Waals surface area contributed by atoms with Crippen LogP contribution in [0, 0.1) is 5.92 Å². The summed E-state index contributed by atoms with van der Waals surface area (Å²) in [5.41, 5.74) is 6.82. The maximum atomic E-state index is 6.07. The number of hydrogen-bond acceptors (Lipinski definition) is 4. The minimum absolute atomic E-state index is 0.401. The lowest BCUT2D eigenvalue weighted by molar-refractivity contribution is 0.231. The number of likely N-dealkylation sites (tertiary alicyclic amines) is 1. The molecular weight excluding hydrogens is 304 g/mol. The highest BCUT2D eigenvalue weighted by molar-refractivity contribution is 5.94. The topological polar surface area (TPSA) is 72.1 Å². The lowest BCUT2D eigenvalue weighted by Gasteiger charge is -2.25. The van der Waals surface area contributed by atoms with Crippen LogP contribution in [0.25, 0.3) is 0 Å². The Bertz CT molecular complexity index is 560. The molecule has 2 rings (SSSR count). The predicted molar refractivity (Wildman–Crippen MR) is 99.1 cm³/mol. The third-order valence-electron chi connectivity index (χ3n) is 4.24. The highest BCUT2D eigenvalue weighted by Gasteiger charge is 2.24. The number of anilines is 1. The fourth-order valence-electron chi connectivity index (χ4n) is 3.10. The van der Waals surface area contributed by atoms with E-state index in [0.29, 0.717) is 23.7 Å². The minimum Gasteiger partial charge on any atom is -0.497 e. The number of rotatable bonds is 7. The third kappa shape index (κ3) is 5.03. The number of nitrogens with one attached hydrogen (secondary N) is 1. The first-order valence-electron chi connectivity index (χ1n) is 8.56. The zero-order valence-electron chi connectivity index (χ0n) is 15.2. The number of hydrogen-bond donors (Lipinski definition) is 2. The van der Waals surface area contributed by atoms with Crippen molar-refractivity contribution >= 4 is 11.6 Å². The highest BCUT2D eigenvalue weighted by Crippen LogP contribution is 2.28. The van der Waals surface area contributed by atoms with Gasteiger partial charge in [0.1, 0.15) is 11.5 Å². The zero-order valence-corrected chi connectivity index (χ0v) is 15.2. The van der Waals surface area contributed by atoms with Gasteiger partial charge >= 0.3 is 0 Å². The Balaban J connectivity index is 1.99. The number of nitrogens with two attached hydrogens (primary N) is 1. The Hall–Kier alpha value is -1.95. The van der Waals surface area contributed by atoms with Crippen LogP contribution in [0.15, 0.2) is 23.2 Å². The standard InChI is InChI=1S/C18H30N4O2/c1-13(2)12-22-9-5-6-14(22)11-20-18(19)21-16-10-15(23-3)7-8-17(16)24-4/h7-8,10,13-14H,5-6,9,11-12H2,1-4H3,(H3,19,20,21)/t14-/m0/s1. The molecule has 0 spiro atoms. The molecule has 0 saturated carbocycles. The van der Waals surface area contributed by atoms with Crippen LogP contribution in [0.2, 0.25) is 0 Å². The van der Waals surface area contributed by atoms with E-state index in [1.165, 1.54) is 12.8 Å². The van der Waals surface area contributed by atoms with Gasteiger partial charge in [0.2, 0.25) is 0 Å². The van der Waals surface area contributed by atoms with Crippen LogP contribution in [0.1, 0.15) is 26.7 Å². The van der Waals surface area contributed by atoms with Crippen LogP contribution in [0.5, 0.6) is 11.5 Å². The second-order valence-corrected chi connectivity index (χ2v) is 6.60. The Kier molecular flexibility index (Phi) is 6.73. The Morgan fingerprint density at radius 1 is 1.38 bits per heavy atom. The molecule has 1 aromatic rings. The normalized spacial score (nSPS) is 18.9.